The van der Waals surface area contributed by atoms with Crippen LogP contribution in [0.1, 0.15) is 49.4 Å². The second-order valence-corrected chi connectivity index (χ2v) is 9.64. The molecule has 37 heavy (non-hydrogen) atoms. The quantitative estimate of drug-likeness (QED) is 0.407. The van der Waals surface area contributed by atoms with Crippen LogP contribution in [-0.2, 0) is 33.3 Å². The van der Waals surface area contributed by atoms with Crippen molar-refractivity contribution in [3.63, 3.8) is 0 Å². The van der Waals surface area contributed by atoms with E-state index >= 15 is 0 Å². The maximum Gasteiger partial charge on any atom is 0.416 e. The number of ketones is 1. The highest BCUT2D eigenvalue weighted by molar-refractivity contribution is 5.99. The molecule has 0 spiro atoms. The van der Waals surface area contributed by atoms with E-state index in [1.807, 2.05) is 0 Å². The average molecular weight is 520 g/mol. The number of hydrogen-bond acceptors (Lipinski definition) is 4. The number of allylic oxidation sites excluding steroid dienone is 3. The SMILES string of the molecule is CCOC1=CC(=O)CC=C1c1ccc(CC(=O)Nc2ccc(CC(C)(C)CO)c(C(F)(F)F)c2)cc1F. The van der Waals surface area contributed by atoms with E-state index in [4.69, 9.17) is 4.74 Å². The highest BCUT2D eigenvalue weighted by Gasteiger charge is 2.35. The lowest BCUT2D eigenvalue weighted by Gasteiger charge is -2.24. The molecular weight excluding hydrogens is 490 g/mol. The van der Waals surface area contributed by atoms with Gasteiger partial charge in [-0.15, -0.1) is 0 Å². The van der Waals surface area contributed by atoms with E-state index in [2.05, 4.69) is 5.32 Å². The first-order chi connectivity index (χ1) is 17.3. The van der Waals surface area contributed by atoms with Gasteiger partial charge in [0.2, 0.25) is 5.91 Å². The lowest BCUT2D eigenvalue weighted by molar-refractivity contribution is -0.138. The third-order valence-electron chi connectivity index (χ3n) is 5.85. The first-order valence-corrected chi connectivity index (χ1v) is 11.8. The molecular formula is C28H29F4NO4. The maximum absolute atomic E-state index is 14.9. The number of carbonyl (C=O) groups excluding carboxylic acids is 2. The van der Waals surface area contributed by atoms with Gasteiger partial charge in [0, 0.05) is 35.9 Å². The van der Waals surface area contributed by atoms with Crippen LogP contribution in [0.5, 0.6) is 0 Å². The van der Waals surface area contributed by atoms with E-state index in [-0.39, 0.29) is 54.2 Å². The number of aliphatic hydroxyl groups excluding tert-OH is 1. The number of nitrogens with one attached hydrogen (secondary N) is 1. The summed E-state index contributed by atoms with van der Waals surface area (Å²) in [6.45, 7) is 5.08. The fourth-order valence-electron chi connectivity index (χ4n) is 4.03. The van der Waals surface area contributed by atoms with Crippen LogP contribution in [0.4, 0.5) is 23.2 Å². The van der Waals surface area contributed by atoms with Gasteiger partial charge in [-0.1, -0.05) is 38.1 Å². The lowest BCUT2D eigenvalue weighted by Crippen LogP contribution is -2.22. The largest absolute Gasteiger partial charge is 0.493 e. The van der Waals surface area contributed by atoms with Crippen LogP contribution in [0.3, 0.4) is 0 Å². The van der Waals surface area contributed by atoms with Crippen LogP contribution in [0.2, 0.25) is 0 Å². The molecule has 2 aromatic carbocycles. The van der Waals surface area contributed by atoms with Crippen LogP contribution in [0, 0.1) is 11.2 Å². The minimum absolute atomic E-state index is 0.00297. The highest BCUT2D eigenvalue weighted by atomic mass is 19.4. The molecule has 0 radical (unpaired) electrons. The molecule has 0 unspecified atom stereocenters. The number of rotatable bonds is 9. The summed E-state index contributed by atoms with van der Waals surface area (Å²) in [7, 11) is 0. The van der Waals surface area contributed by atoms with Gasteiger partial charge in [-0.2, -0.15) is 13.2 Å². The topological polar surface area (TPSA) is 75.6 Å². The van der Waals surface area contributed by atoms with Crippen molar-refractivity contribution in [2.45, 2.75) is 46.2 Å². The molecule has 0 atom stereocenters. The van der Waals surface area contributed by atoms with Crippen molar-refractivity contribution in [3.8, 4) is 0 Å². The molecule has 0 saturated heterocycles. The number of halogens is 4. The molecule has 0 heterocycles. The molecule has 0 aromatic heterocycles. The van der Waals surface area contributed by atoms with Crippen LogP contribution in [0.15, 0.2) is 54.3 Å². The van der Waals surface area contributed by atoms with Gasteiger partial charge < -0.3 is 15.2 Å². The fraction of sp³-hybridized carbons (Fsp3) is 0.357. The zero-order valence-electron chi connectivity index (χ0n) is 20.8. The van der Waals surface area contributed by atoms with Gasteiger partial charge in [0.15, 0.2) is 5.78 Å². The summed E-state index contributed by atoms with van der Waals surface area (Å²) < 4.78 is 61.4. The van der Waals surface area contributed by atoms with Crippen molar-refractivity contribution in [1.82, 2.24) is 0 Å². The Hall–Kier alpha value is -3.46. The van der Waals surface area contributed by atoms with E-state index in [0.29, 0.717) is 17.7 Å². The number of carbonyl (C=O) groups is 2. The number of ether oxygens (including phenoxy) is 1. The molecule has 9 heteroatoms. The fourth-order valence-corrected chi connectivity index (χ4v) is 4.03. The Bertz CT molecular complexity index is 1250. The monoisotopic (exact) mass is 519 g/mol. The minimum Gasteiger partial charge on any atom is -0.493 e. The number of amides is 1. The van der Waals surface area contributed by atoms with Crippen LogP contribution in [0.25, 0.3) is 5.57 Å². The van der Waals surface area contributed by atoms with Crippen molar-refractivity contribution in [1.29, 1.82) is 0 Å². The minimum atomic E-state index is -4.65. The van der Waals surface area contributed by atoms with E-state index in [9.17, 15) is 32.3 Å². The summed E-state index contributed by atoms with van der Waals surface area (Å²) in [4.78, 5) is 24.2. The van der Waals surface area contributed by atoms with Crippen molar-refractivity contribution in [2.75, 3.05) is 18.5 Å². The molecule has 0 fully saturated rings. The van der Waals surface area contributed by atoms with Gasteiger partial charge in [0.25, 0.3) is 0 Å². The maximum atomic E-state index is 14.9. The Morgan fingerprint density at radius 1 is 1.14 bits per heavy atom. The summed E-state index contributed by atoms with van der Waals surface area (Å²) in [6.07, 6.45) is -1.88. The molecule has 1 aliphatic rings. The van der Waals surface area contributed by atoms with Crippen molar-refractivity contribution in [3.05, 3.63) is 82.4 Å². The Morgan fingerprint density at radius 2 is 1.86 bits per heavy atom. The van der Waals surface area contributed by atoms with Gasteiger partial charge in [0.1, 0.15) is 11.6 Å². The Kier molecular flexibility index (Phi) is 8.58. The number of hydrogen-bond donors (Lipinski definition) is 2. The molecule has 2 aromatic rings. The number of alkyl halides is 3. The zero-order valence-corrected chi connectivity index (χ0v) is 20.8. The van der Waals surface area contributed by atoms with Gasteiger partial charge in [-0.05, 0) is 48.1 Å². The predicted molar refractivity (Wildman–Crippen MR) is 132 cm³/mol. The van der Waals surface area contributed by atoms with Crippen molar-refractivity contribution >= 4 is 23.0 Å². The van der Waals surface area contributed by atoms with Crippen molar-refractivity contribution < 1.29 is 37.0 Å². The molecule has 3 rings (SSSR count). The molecule has 5 nitrogen and oxygen atoms in total. The summed E-state index contributed by atoms with van der Waals surface area (Å²) >= 11 is 0. The highest BCUT2D eigenvalue weighted by Crippen LogP contribution is 2.37. The molecule has 0 saturated carbocycles. The Balaban J connectivity index is 1.76. The van der Waals surface area contributed by atoms with Crippen LogP contribution < -0.4 is 5.32 Å². The predicted octanol–water partition coefficient (Wildman–Crippen LogP) is 5.86. The Morgan fingerprint density at radius 3 is 2.49 bits per heavy atom. The molecule has 198 valence electrons. The molecule has 0 bridgehead atoms. The van der Waals surface area contributed by atoms with Gasteiger partial charge in [-0.25, -0.2) is 4.39 Å². The van der Waals surface area contributed by atoms with Gasteiger partial charge in [-0.3, -0.25) is 9.59 Å². The van der Waals surface area contributed by atoms with E-state index in [0.717, 1.165) is 6.07 Å². The zero-order chi connectivity index (χ0) is 27.4. The third kappa shape index (κ3) is 7.29. The van der Waals surface area contributed by atoms with Crippen molar-refractivity contribution in [2.24, 2.45) is 5.41 Å². The summed E-state index contributed by atoms with van der Waals surface area (Å²) in [6, 6.07) is 7.72. The molecule has 0 aliphatic heterocycles. The lowest BCUT2D eigenvalue weighted by atomic mass is 9.84. The first kappa shape index (κ1) is 28.1. The number of aliphatic hydroxyl groups is 1. The van der Waals surface area contributed by atoms with E-state index in [1.54, 1.807) is 32.9 Å². The third-order valence-corrected chi connectivity index (χ3v) is 5.85. The number of benzene rings is 2. The second-order valence-electron chi connectivity index (χ2n) is 9.64. The standard InChI is InChI=1S/C28H29F4NO4/c1-4-37-25-14-20(35)8-10-22(25)21-9-5-17(11-24(21)29)12-26(36)33-19-7-6-18(15-27(2,3)16-34)23(13-19)28(30,31)32/h5-7,9-11,13-14,34H,4,8,12,15-16H2,1-3H3,(H,33,36). The van der Waals surface area contributed by atoms with Crippen LogP contribution >= 0.6 is 0 Å². The van der Waals surface area contributed by atoms with E-state index < -0.39 is 28.9 Å². The van der Waals surface area contributed by atoms with Gasteiger partial charge in [0.05, 0.1) is 18.6 Å². The van der Waals surface area contributed by atoms with E-state index in [1.165, 1.54) is 30.3 Å². The smallest absolute Gasteiger partial charge is 0.416 e. The normalized spacial score (nSPS) is 14.2. The summed E-state index contributed by atoms with van der Waals surface area (Å²) in [5.74, 6) is -1.11. The number of anilines is 1. The summed E-state index contributed by atoms with van der Waals surface area (Å²) in [5, 5.41) is 11.9. The second kappa shape index (κ2) is 11.3. The van der Waals surface area contributed by atoms with Crippen LogP contribution in [-0.4, -0.2) is 30.0 Å². The Labute approximate surface area is 212 Å². The summed E-state index contributed by atoms with van der Waals surface area (Å²) in [5.41, 5.74) is -0.676. The molecule has 1 aliphatic carbocycles. The molecule has 1 amide bonds. The first-order valence-electron chi connectivity index (χ1n) is 11.8. The molecule has 2 N–H and O–H groups in total. The van der Waals surface area contributed by atoms with Gasteiger partial charge >= 0.3 is 6.18 Å². The average Bonchev–Trinajstić information content (AvgIpc) is 2.80.